The van der Waals surface area contributed by atoms with Crippen LogP contribution in [0.25, 0.3) is 55.0 Å². The lowest BCUT2D eigenvalue weighted by atomic mass is 10.1. The minimum Gasteiger partial charge on any atom is -0.309 e. The van der Waals surface area contributed by atoms with E-state index in [4.69, 9.17) is 11.6 Å². The molecular weight excluding hydrogens is 424 g/mol. The highest BCUT2D eigenvalue weighted by Crippen LogP contribution is 2.38. The maximum atomic E-state index is 6.67. The Morgan fingerprint density at radius 1 is 0.424 bits per heavy atom. The van der Waals surface area contributed by atoms with Gasteiger partial charge in [-0.1, -0.05) is 78.3 Å². The van der Waals surface area contributed by atoms with Crippen LogP contribution in [0.2, 0.25) is 5.02 Å². The third-order valence-electron chi connectivity index (χ3n) is 6.58. The van der Waals surface area contributed by atoms with Crippen molar-refractivity contribution in [2.45, 2.75) is 0 Å². The van der Waals surface area contributed by atoms with Gasteiger partial charge >= 0.3 is 0 Å². The molecule has 2 aromatic heterocycles. The minimum atomic E-state index is 0.780. The van der Waals surface area contributed by atoms with E-state index in [0.29, 0.717) is 0 Å². The van der Waals surface area contributed by atoms with Crippen LogP contribution >= 0.6 is 11.6 Å². The molecule has 0 atom stereocenters. The second-order valence-electron chi connectivity index (χ2n) is 8.38. The van der Waals surface area contributed by atoms with Gasteiger partial charge in [-0.3, -0.25) is 0 Å². The molecule has 0 bridgehead atoms. The Morgan fingerprint density at radius 2 is 1.03 bits per heavy atom. The zero-order chi connectivity index (χ0) is 21.9. The van der Waals surface area contributed by atoms with E-state index in [-0.39, 0.29) is 0 Å². The summed E-state index contributed by atoms with van der Waals surface area (Å²) >= 11 is 6.67. The summed E-state index contributed by atoms with van der Waals surface area (Å²) in [6.45, 7) is 0. The topological polar surface area (TPSA) is 9.86 Å². The molecule has 0 aliphatic heterocycles. The molecule has 7 aromatic rings. The Balaban J connectivity index is 1.62. The maximum absolute atomic E-state index is 6.67. The molecule has 5 aromatic carbocycles. The molecule has 0 unspecified atom stereocenters. The summed E-state index contributed by atoms with van der Waals surface area (Å²) in [5.41, 5.74) is 6.95. The Bertz CT molecular complexity index is 1820. The van der Waals surface area contributed by atoms with Crippen LogP contribution in [-0.2, 0) is 0 Å². The molecule has 0 fully saturated rings. The lowest BCUT2D eigenvalue weighted by Gasteiger charge is -2.11. The number of hydrogen-bond donors (Lipinski definition) is 0. The van der Waals surface area contributed by atoms with Gasteiger partial charge in [0.2, 0.25) is 0 Å². The van der Waals surface area contributed by atoms with Gasteiger partial charge in [0.05, 0.1) is 27.1 Å². The number of benzene rings is 5. The smallest absolute Gasteiger partial charge is 0.0561 e. The van der Waals surface area contributed by atoms with Gasteiger partial charge in [-0.25, -0.2) is 0 Å². The van der Waals surface area contributed by atoms with Crippen molar-refractivity contribution in [3.05, 3.63) is 120 Å². The fourth-order valence-corrected chi connectivity index (χ4v) is 5.48. The summed E-state index contributed by atoms with van der Waals surface area (Å²) in [7, 11) is 0. The monoisotopic (exact) mass is 442 g/mol. The number of rotatable bonds is 2. The van der Waals surface area contributed by atoms with Gasteiger partial charge in [0.15, 0.2) is 0 Å². The molecule has 0 amide bonds. The first kappa shape index (κ1) is 18.6. The zero-order valence-corrected chi connectivity index (χ0v) is 18.5. The van der Waals surface area contributed by atoms with Crippen molar-refractivity contribution >= 4 is 55.2 Å². The molecule has 0 aliphatic carbocycles. The Kier molecular flexibility index (Phi) is 3.93. The van der Waals surface area contributed by atoms with Crippen LogP contribution in [0, 0.1) is 0 Å². The van der Waals surface area contributed by atoms with E-state index >= 15 is 0 Å². The number of fused-ring (bicyclic) bond motifs is 6. The number of nitrogens with zero attached hydrogens (tertiary/aromatic N) is 2. The third-order valence-corrected chi connectivity index (χ3v) is 6.89. The van der Waals surface area contributed by atoms with E-state index in [1.54, 1.807) is 0 Å². The van der Waals surface area contributed by atoms with Gasteiger partial charge in [0.1, 0.15) is 0 Å². The second kappa shape index (κ2) is 6.99. The molecule has 3 heteroatoms. The van der Waals surface area contributed by atoms with Crippen LogP contribution in [0.3, 0.4) is 0 Å². The number of hydrogen-bond acceptors (Lipinski definition) is 0. The van der Waals surface area contributed by atoms with Crippen molar-refractivity contribution in [2.75, 3.05) is 0 Å². The first-order valence-corrected chi connectivity index (χ1v) is 11.5. The van der Waals surface area contributed by atoms with Gasteiger partial charge in [0.25, 0.3) is 0 Å². The van der Waals surface area contributed by atoms with E-state index < -0.39 is 0 Å². The van der Waals surface area contributed by atoms with Gasteiger partial charge in [-0.15, -0.1) is 0 Å². The van der Waals surface area contributed by atoms with Crippen molar-refractivity contribution in [1.82, 2.24) is 9.13 Å². The van der Waals surface area contributed by atoms with E-state index in [2.05, 4.69) is 112 Å². The molecule has 0 spiro atoms. The van der Waals surface area contributed by atoms with Crippen LogP contribution in [-0.4, -0.2) is 9.13 Å². The molecule has 0 radical (unpaired) electrons. The van der Waals surface area contributed by atoms with Gasteiger partial charge in [-0.2, -0.15) is 0 Å². The summed E-state index contributed by atoms with van der Waals surface area (Å²) < 4.78 is 4.68. The Hall–Kier alpha value is -4.01. The molecule has 7 rings (SSSR count). The SMILES string of the molecule is Clc1cccc2c1c1ccccc1n2-c1ccc2c3ccccc3n(-c3ccccc3)c2c1. The molecule has 0 N–H and O–H groups in total. The highest BCUT2D eigenvalue weighted by atomic mass is 35.5. The fourth-order valence-electron chi connectivity index (χ4n) is 5.21. The third kappa shape index (κ3) is 2.62. The van der Waals surface area contributed by atoms with Crippen molar-refractivity contribution < 1.29 is 0 Å². The van der Waals surface area contributed by atoms with E-state index in [9.17, 15) is 0 Å². The van der Waals surface area contributed by atoms with Crippen LogP contribution in [0.1, 0.15) is 0 Å². The largest absolute Gasteiger partial charge is 0.309 e. The molecular formula is C30H19ClN2. The number of aromatic nitrogens is 2. The average Bonchev–Trinajstić information content (AvgIpc) is 3.38. The average molecular weight is 443 g/mol. The Labute approximate surface area is 195 Å². The summed E-state index contributed by atoms with van der Waals surface area (Å²) in [5, 5.41) is 5.55. The minimum absolute atomic E-state index is 0.780. The summed E-state index contributed by atoms with van der Waals surface area (Å²) in [5.74, 6) is 0. The predicted octanol–water partition coefficient (Wildman–Crippen LogP) is 8.53. The standard InChI is InChI=1S/C30H19ClN2/c31-25-13-8-16-28-30(25)24-12-5-7-15-27(24)33(28)21-17-18-23-22-11-4-6-14-26(22)32(29(23)19-21)20-9-2-1-3-10-20/h1-19H. The van der Waals surface area contributed by atoms with Crippen LogP contribution in [0.4, 0.5) is 0 Å². The highest BCUT2D eigenvalue weighted by molar-refractivity contribution is 6.38. The van der Waals surface area contributed by atoms with Gasteiger partial charge in [-0.05, 0) is 48.5 Å². The summed E-state index contributed by atoms with van der Waals surface area (Å²) in [6, 6.07) is 40.6. The second-order valence-corrected chi connectivity index (χ2v) is 8.78. The molecule has 156 valence electrons. The molecule has 0 aliphatic rings. The summed E-state index contributed by atoms with van der Waals surface area (Å²) in [4.78, 5) is 0. The maximum Gasteiger partial charge on any atom is 0.0561 e. The van der Waals surface area contributed by atoms with E-state index in [1.807, 2.05) is 12.1 Å². The lowest BCUT2D eigenvalue weighted by Crippen LogP contribution is -1.96. The molecule has 2 heterocycles. The van der Waals surface area contributed by atoms with Crippen LogP contribution < -0.4 is 0 Å². The molecule has 2 nitrogen and oxygen atoms in total. The first-order valence-electron chi connectivity index (χ1n) is 11.1. The molecule has 0 saturated heterocycles. The van der Waals surface area contributed by atoms with Crippen LogP contribution in [0.15, 0.2) is 115 Å². The fraction of sp³-hybridized carbons (Fsp3) is 0. The van der Waals surface area contributed by atoms with E-state index in [0.717, 1.165) is 32.8 Å². The number of halogens is 1. The lowest BCUT2D eigenvalue weighted by molar-refractivity contribution is 1.15. The van der Waals surface area contributed by atoms with Crippen molar-refractivity contribution in [3.63, 3.8) is 0 Å². The Morgan fingerprint density at radius 3 is 1.85 bits per heavy atom. The summed E-state index contributed by atoms with van der Waals surface area (Å²) in [6.07, 6.45) is 0. The van der Waals surface area contributed by atoms with E-state index in [1.165, 1.54) is 27.2 Å². The normalized spacial score (nSPS) is 11.8. The quantitative estimate of drug-likeness (QED) is 0.254. The zero-order valence-electron chi connectivity index (χ0n) is 17.7. The highest BCUT2D eigenvalue weighted by Gasteiger charge is 2.17. The molecule has 0 saturated carbocycles. The van der Waals surface area contributed by atoms with Gasteiger partial charge in [0, 0.05) is 32.9 Å². The number of para-hydroxylation sites is 3. The molecule has 33 heavy (non-hydrogen) atoms. The van der Waals surface area contributed by atoms with Gasteiger partial charge < -0.3 is 9.13 Å². The van der Waals surface area contributed by atoms with Crippen molar-refractivity contribution in [3.8, 4) is 11.4 Å². The van der Waals surface area contributed by atoms with Crippen molar-refractivity contribution in [1.29, 1.82) is 0 Å². The van der Waals surface area contributed by atoms with Crippen molar-refractivity contribution in [2.24, 2.45) is 0 Å². The predicted molar refractivity (Wildman–Crippen MR) is 140 cm³/mol. The first-order chi connectivity index (χ1) is 16.3. The van der Waals surface area contributed by atoms with Crippen LogP contribution in [0.5, 0.6) is 0 Å².